The molecule has 0 fully saturated rings. The van der Waals surface area contributed by atoms with Gasteiger partial charge in [-0.3, -0.25) is 52.9 Å². The number of carbonyl (C=O) groups is 8. The second-order valence-corrected chi connectivity index (χ2v) is 17.6. The van der Waals surface area contributed by atoms with Crippen LogP contribution in [0.2, 0.25) is 0 Å². The first-order chi connectivity index (χ1) is 30.0. The molecule has 372 valence electrons. The number of phosphoric ester groups is 1. The number of aliphatic carboxylic acids is 1. The maximum absolute atomic E-state index is 14.0. The van der Waals surface area contributed by atoms with Gasteiger partial charge in [0.05, 0.1) is 12.6 Å². The van der Waals surface area contributed by atoms with Crippen LogP contribution in [0.3, 0.4) is 0 Å². The molecule has 27 nitrogen and oxygen atoms in total. The number of carboxylic acids is 1. The Morgan fingerprint density at radius 3 is 1.38 bits per heavy atom. The molecule has 0 aromatic heterocycles. The summed E-state index contributed by atoms with van der Waals surface area (Å²) in [5.74, 6) is -9.12. The summed E-state index contributed by atoms with van der Waals surface area (Å²) in [4.78, 5) is 132. The minimum atomic E-state index is -5.23. The molecule has 0 aromatic rings. The van der Waals surface area contributed by atoms with Crippen LogP contribution in [-0.2, 0) is 47.4 Å². The van der Waals surface area contributed by atoms with Gasteiger partial charge < -0.3 is 80.8 Å². The predicted molar refractivity (Wildman–Crippen MR) is 237 cm³/mol. The number of hydrogen-bond acceptors (Lipinski definition) is 13. The highest BCUT2D eigenvalue weighted by Gasteiger charge is 2.35. The minimum Gasteiger partial charge on any atom is -0.480 e. The van der Waals surface area contributed by atoms with Gasteiger partial charge in [0.1, 0.15) is 42.3 Å². The van der Waals surface area contributed by atoms with Crippen LogP contribution in [0.1, 0.15) is 87.5 Å². The second-order valence-electron chi connectivity index (χ2n) is 16.4. The van der Waals surface area contributed by atoms with E-state index in [1.54, 1.807) is 13.8 Å². The van der Waals surface area contributed by atoms with Crippen LogP contribution in [0.5, 0.6) is 0 Å². The van der Waals surface area contributed by atoms with Crippen molar-refractivity contribution in [2.45, 2.75) is 136 Å². The number of amides is 7. The standard InChI is InChI=1S/C37H71N14O13P/c1-17(2)15-24(49-33(57)26(38)18(3)4)31(55)48-23(12-10-14-44-37(41)42)30(54)47-22(11-9-13-43-36(39)40)29(53)45-20(7)28(52)50-25(16-64-65(61,62)63)32(56)51-27(19(5)6)34(58)46-21(8)35(59)60/h17-27H,9-16,38H2,1-8H3,(H,45,53)(H,46,58)(H,47,54)(H,48,55)(H,49,57)(H,50,52)(H,51,56)(H,59,60)(H4,39,40,43)(H4,41,42,44)(H2,61,62,63)/t20-,21-,22-,23-,24-,25-,26-,27-/m0/s1. The average molecular weight is 951 g/mol. The monoisotopic (exact) mass is 951 g/mol. The first kappa shape index (κ1) is 59.4. The molecule has 0 radical (unpaired) electrons. The van der Waals surface area contributed by atoms with Gasteiger partial charge in [-0.2, -0.15) is 0 Å². The molecule has 0 aliphatic heterocycles. The van der Waals surface area contributed by atoms with Crippen molar-refractivity contribution in [3.63, 3.8) is 0 Å². The van der Waals surface area contributed by atoms with Gasteiger partial charge >= 0.3 is 13.8 Å². The van der Waals surface area contributed by atoms with E-state index in [9.17, 15) is 57.8 Å². The van der Waals surface area contributed by atoms with E-state index in [-0.39, 0.29) is 68.9 Å². The van der Waals surface area contributed by atoms with Gasteiger partial charge in [-0.25, -0.2) is 4.57 Å². The fraction of sp³-hybridized carbons (Fsp3) is 0.730. The molecular formula is C37H71N14O13P. The zero-order chi connectivity index (χ0) is 50.4. The van der Waals surface area contributed by atoms with E-state index in [1.807, 2.05) is 13.8 Å². The molecule has 28 heteroatoms. The Morgan fingerprint density at radius 1 is 0.554 bits per heavy atom. The quantitative estimate of drug-likeness (QED) is 0.0139. The lowest BCUT2D eigenvalue weighted by molar-refractivity contribution is -0.142. The number of rotatable bonds is 30. The summed E-state index contributed by atoms with van der Waals surface area (Å²) in [6, 6.07) is -10.9. The van der Waals surface area contributed by atoms with E-state index >= 15 is 0 Å². The molecule has 0 spiro atoms. The number of aliphatic imine (C=N–C) groups is 2. The third-order valence-electron chi connectivity index (χ3n) is 9.29. The highest BCUT2D eigenvalue weighted by Crippen LogP contribution is 2.35. The van der Waals surface area contributed by atoms with Gasteiger partial charge in [0.2, 0.25) is 41.4 Å². The molecule has 0 saturated carbocycles. The number of nitrogens with two attached hydrogens (primary N) is 5. The van der Waals surface area contributed by atoms with Gasteiger partial charge in [-0.15, -0.1) is 0 Å². The largest absolute Gasteiger partial charge is 0.480 e. The highest BCUT2D eigenvalue weighted by atomic mass is 31.2. The number of nitrogens with one attached hydrogen (secondary N) is 7. The molecule has 65 heavy (non-hydrogen) atoms. The summed E-state index contributed by atoms with van der Waals surface area (Å²) in [6.45, 7) is 11.4. The normalized spacial score (nSPS) is 15.1. The Bertz CT molecular complexity index is 1740. The molecule has 20 N–H and O–H groups in total. The Hall–Kier alpha value is -5.63. The van der Waals surface area contributed by atoms with E-state index in [0.717, 1.165) is 0 Å². The van der Waals surface area contributed by atoms with Crippen LogP contribution in [0.25, 0.3) is 0 Å². The number of carboxylic acid groups (broad SMARTS) is 1. The predicted octanol–water partition coefficient (Wildman–Crippen LogP) is -4.59. The topological polar surface area (TPSA) is 463 Å². The van der Waals surface area contributed by atoms with Crippen molar-refractivity contribution in [3.05, 3.63) is 0 Å². The third-order valence-corrected chi connectivity index (χ3v) is 9.77. The van der Waals surface area contributed by atoms with Crippen LogP contribution in [0, 0.1) is 17.8 Å². The second kappa shape index (κ2) is 29.0. The van der Waals surface area contributed by atoms with Crippen molar-refractivity contribution >= 4 is 67.1 Å². The maximum Gasteiger partial charge on any atom is 0.469 e. The van der Waals surface area contributed by atoms with E-state index in [4.69, 9.17) is 28.7 Å². The number of hydrogen-bond donors (Lipinski definition) is 15. The van der Waals surface area contributed by atoms with Crippen molar-refractivity contribution in [1.82, 2.24) is 37.2 Å². The van der Waals surface area contributed by atoms with E-state index in [2.05, 4.69) is 51.7 Å². The molecule has 0 heterocycles. The summed E-state index contributed by atoms with van der Waals surface area (Å²) in [6.07, 6.45) is 0.264. The number of phosphoric acid groups is 1. The van der Waals surface area contributed by atoms with E-state index in [0.29, 0.717) is 0 Å². The maximum atomic E-state index is 14.0. The molecule has 0 aliphatic carbocycles. The highest BCUT2D eigenvalue weighted by molar-refractivity contribution is 7.46. The van der Waals surface area contributed by atoms with Crippen LogP contribution >= 0.6 is 7.82 Å². The number of nitrogens with zero attached hydrogens (tertiary/aromatic N) is 2. The average Bonchev–Trinajstić information content (AvgIpc) is 3.18. The van der Waals surface area contributed by atoms with Crippen LogP contribution in [0.15, 0.2) is 9.98 Å². The Labute approximate surface area is 378 Å². The molecule has 0 bridgehead atoms. The molecule has 0 unspecified atom stereocenters. The van der Waals surface area contributed by atoms with Crippen LogP contribution in [0.4, 0.5) is 0 Å². The minimum absolute atomic E-state index is 0.00672. The SMILES string of the molecule is CC(C)C[C@H](NC(=O)[C@@H](N)C(C)C)C(=O)N[C@@H](CCCN=C(N)N)C(=O)N[C@@H](CCCN=C(N)N)C(=O)N[C@@H](C)C(=O)N[C@@H](COP(=O)(O)O)C(=O)N[C@H](C(=O)N[C@@H](C)C(=O)O)C(C)C. The fourth-order valence-electron chi connectivity index (χ4n) is 5.55. The number of guanidine groups is 2. The molecular weight excluding hydrogens is 879 g/mol. The lowest BCUT2D eigenvalue weighted by atomic mass is 10.00. The Morgan fingerprint density at radius 2 is 0.969 bits per heavy atom. The fourth-order valence-corrected chi connectivity index (χ4v) is 5.89. The van der Waals surface area contributed by atoms with Crippen molar-refractivity contribution < 1.29 is 62.3 Å². The van der Waals surface area contributed by atoms with E-state index < -0.39 is 116 Å². The Kier molecular flexibility index (Phi) is 26.5. The summed E-state index contributed by atoms with van der Waals surface area (Å²) < 4.78 is 16.0. The van der Waals surface area contributed by atoms with Crippen molar-refractivity contribution in [3.8, 4) is 0 Å². The van der Waals surface area contributed by atoms with Crippen LogP contribution in [-0.4, -0.2) is 142 Å². The van der Waals surface area contributed by atoms with Gasteiger partial charge in [0, 0.05) is 13.1 Å². The number of carbonyl (C=O) groups excluding carboxylic acids is 7. The summed E-state index contributed by atoms with van der Waals surface area (Å²) >= 11 is 0. The smallest absolute Gasteiger partial charge is 0.469 e. The first-order valence-electron chi connectivity index (χ1n) is 20.9. The summed E-state index contributed by atoms with van der Waals surface area (Å²) in [7, 11) is -5.23. The molecule has 0 saturated heterocycles. The van der Waals surface area contributed by atoms with Gasteiger partial charge in [0.25, 0.3) is 0 Å². The van der Waals surface area contributed by atoms with Crippen molar-refractivity contribution in [1.29, 1.82) is 0 Å². The molecule has 0 aliphatic rings. The lowest BCUT2D eigenvalue weighted by Crippen LogP contribution is -2.60. The third kappa shape index (κ3) is 24.9. The first-order valence-corrected chi connectivity index (χ1v) is 22.4. The lowest BCUT2D eigenvalue weighted by Gasteiger charge is -2.28. The zero-order valence-corrected chi connectivity index (χ0v) is 39.1. The van der Waals surface area contributed by atoms with Gasteiger partial charge in [-0.1, -0.05) is 41.5 Å². The molecule has 8 atom stereocenters. The van der Waals surface area contributed by atoms with Crippen molar-refractivity contribution in [2.24, 2.45) is 56.4 Å². The summed E-state index contributed by atoms with van der Waals surface area (Å²) in [5.41, 5.74) is 27.8. The van der Waals surface area contributed by atoms with Gasteiger partial charge in [0.15, 0.2) is 11.9 Å². The van der Waals surface area contributed by atoms with Crippen molar-refractivity contribution in [2.75, 3.05) is 19.7 Å². The zero-order valence-electron chi connectivity index (χ0n) is 38.2. The molecule has 7 amide bonds. The summed E-state index contributed by atoms with van der Waals surface area (Å²) in [5, 5.41) is 26.2. The van der Waals surface area contributed by atoms with Crippen LogP contribution < -0.4 is 65.9 Å². The molecule has 0 rings (SSSR count). The van der Waals surface area contributed by atoms with E-state index in [1.165, 1.54) is 27.7 Å². The molecule has 0 aromatic carbocycles. The Balaban J connectivity index is 6.59. The van der Waals surface area contributed by atoms with Gasteiger partial charge in [-0.05, 0) is 63.7 Å².